The van der Waals surface area contributed by atoms with E-state index in [9.17, 15) is 18.5 Å². The van der Waals surface area contributed by atoms with Crippen LogP contribution in [-0.4, -0.2) is 49.4 Å². The molecule has 2 aliphatic rings. The van der Waals surface area contributed by atoms with E-state index in [0.29, 0.717) is 48.7 Å². The molecule has 1 fully saturated rings. The van der Waals surface area contributed by atoms with Crippen molar-refractivity contribution >= 4 is 21.5 Å². The van der Waals surface area contributed by atoms with E-state index in [1.54, 1.807) is 12.3 Å². The molecule has 10 heteroatoms. The number of esters is 1. The highest BCUT2D eigenvalue weighted by atomic mass is 32.2. The zero-order chi connectivity index (χ0) is 23.7. The van der Waals surface area contributed by atoms with Crippen LogP contribution in [0.3, 0.4) is 0 Å². The van der Waals surface area contributed by atoms with Crippen LogP contribution in [0.15, 0.2) is 53.7 Å². The summed E-state index contributed by atoms with van der Waals surface area (Å²) in [6, 6.07) is 12.3. The van der Waals surface area contributed by atoms with Gasteiger partial charge in [-0.3, -0.25) is 4.79 Å². The van der Waals surface area contributed by atoms with Crippen LogP contribution in [0.25, 0.3) is 5.52 Å². The average Bonchev–Trinajstić information content (AvgIpc) is 3.24. The Bertz CT molecular complexity index is 1380. The first kappa shape index (κ1) is 22.3. The van der Waals surface area contributed by atoms with Gasteiger partial charge in [0.2, 0.25) is 10.0 Å². The van der Waals surface area contributed by atoms with E-state index in [1.165, 1.54) is 16.4 Å². The predicted molar refractivity (Wildman–Crippen MR) is 121 cm³/mol. The summed E-state index contributed by atoms with van der Waals surface area (Å²) >= 11 is 0. The van der Waals surface area contributed by atoms with Crippen molar-refractivity contribution in [1.82, 2.24) is 8.71 Å². The zero-order valence-corrected chi connectivity index (χ0v) is 19.2. The van der Waals surface area contributed by atoms with Crippen LogP contribution < -0.4 is 9.47 Å². The molecule has 3 aromatic rings. The van der Waals surface area contributed by atoms with Gasteiger partial charge in [-0.25, -0.2) is 8.42 Å². The number of nitriles is 1. The molecule has 0 atom stereocenters. The number of aromatic nitrogens is 1. The SMILES string of the molecule is N#Cc1c(COC(=O)C2CCN(S(=O)(=O)c3ccc4c(c3)OCCO4)CC2)cn2ccccc12. The van der Waals surface area contributed by atoms with Gasteiger partial charge in [0.1, 0.15) is 25.9 Å². The lowest BCUT2D eigenvalue weighted by Gasteiger charge is -2.30. The van der Waals surface area contributed by atoms with Crippen LogP contribution in [0.5, 0.6) is 11.5 Å². The first-order chi connectivity index (χ1) is 16.5. The van der Waals surface area contributed by atoms with Crippen molar-refractivity contribution in [2.24, 2.45) is 5.92 Å². The second-order valence-corrected chi connectivity index (χ2v) is 10.2. The zero-order valence-electron chi connectivity index (χ0n) is 18.3. The van der Waals surface area contributed by atoms with E-state index >= 15 is 0 Å². The second-order valence-electron chi connectivity index (χ2n) is 8.23. The van der Waals surface area contributed by atoms with Crippen LogP contribution >= 0.6 is 0 Å². The number of sulfonamides is 1. The molecule has 5 rings (SSSR count). The van der Waals surface area contributed by atoms with Crippen LogP contribution in [0.4, 0.5) is 0 Å². The van der Waals surface area contributed by atoms with Gasteiger partial charge < -0.3 is 18.6 Å². The lowest BCUT2D eigenvalue weighted by molar-refractivity contribution is -0.151. The second kappa shape index (κ2) is 9.00. The van der Waals surface area contributed by atoms with Crippen molar-refractivity contribution < 1.29 is 27.4 Å². The number of carbonyl (C=O) groups is 1. The summed E-state index contributed by atoms with van der Waals surface area (Å²) in [5, 5.41) is 9.50. The quantitative estimate of drug-likeness (QED) is 0.515. The number of carbonyl (C=O) groups excluding carboxylic acids is 1. The Morgan fingerprint density at radius 2 is 1.88 bits per heavy atom. The third-order valence-electron chi connectivity index (χ3n) is 6.18. The highest BCUT2D eigenvalue weighted by Crippen LogP contribution is 2.34. The maximum atomic E-state index is 13.1. The van der Waals surface area contributed by atoms with E-state index in [0.717, 1.165) is 5.52 Å². The van der Waals surface area contributed by atoms with Gasteiger partial charge in [0.15, 0.2) is 11.5 Å². The van der Waals surface area contributed by atoms with Gasteiger partial charge in [0.05, 0.1) is 21.9 Å². The van der Waals surface area contributed by atoms with Gasteiger partial charge in [-0.15, -0.1) is 0 Å². The number of benzene rings is 1. The summed E-state index contributed by atoms with van der Waals surface area (Å²) < 4.78 is 45.9. The number of piperidine rings is 1. The van der Waals surface area contributed by atoms with Crippen molar-refractivity contribution in [3.63, 3.8) is 0 Å². The Morgan fingerprint density at radius 3 is 2.65 bits per heavy atom. The number of hydrogen-bond acceptors (Lipinski definition) is 7. The summed E-state index contributed by atoms with van der Waals surface area (Å²) in [6.07, 6.45) is 4.35. The molecule has 0 aliphatic carbocycles. The molecular formula is C24H23N3O6S. The standard InChI is InChI=1S/C24H23N3O6S/c25-14-20-18(15-26-8-2-1-3-21(20)26)16-33-24(28)17-6-9-27(10-7-17)34(29,30)19-4-5-22-23(13-19)32-12-11-31-22/h1-5,8,13,15,17H,6-7,9-12,16H2. The Balaban J connectivity index is 1.21. The molecule has 1 saturated heterocycles. The number of fused-ring (bicyclic) bond motifs is 2. The summed E-state index contributed by atoms with van der Waals surface area (Å²) in [6.45, 7) is 1.24. The number of ether oxygens (including phenoxy) is 3. The maximum absolute atomic E-state index is 13.1. The molecule has 0 N–H and O–H groups in total. The topological polar surface area (TPSA) is 110 Å². The Kier molecular flexibility index (Phi) is 5.89. The van der Waals surface area contributed by atoms with Crippen LogP contribution in [0.2, 0.25) is 0 Å². The van der Waals surface area contributed by atoms with Gasteiger partial charge in [0.25, 0.3) is 0 Å². The van der Waals surface area contributed by atoms with Gasteiger partial charge in [0, 0.05) is 37.1 Å². The van der Waals surface area contributed by atoms with Gasteiger partial charge in [-0.05, 0) is 37.1 Å². The van der Waals surface area contributed by atoms with Crippen molar-refractivity contribution in [3.05, 3.63) is 59.9 Å². The molecule has 0 radical (unpaired) electrons. The lowest BCUT2D eigenvalue weighted by Crippen LogP contribution is -2.40. The molecule has 0 saturated carbocycles. The van der Waals surface area contributed by atoms with Crippen LogP contribution in [0.1, 0.15) is 24.0 Å². The third-order valence-corrected chi connectivity index (χ3v) is 8.08. The number of rotatable bonds is 5. The molecule has 0 bridgehead atoms. The third kappa shape index (κ3) is 4.08. The Hall–Kier alpha value is -3.55. The molecule has 0 spiro atoms. The molecule has 4 heterocycles. The summed E-state index contributed by atoms with van der Waals surface area (Å²) in [7, 11) is -3.72. The van der Waals surface area contributed by atoms with E-state index in [4.69, 9.17) is 14.2 Å². The average molecular weight is 482 g/mol. The molecule has 1 aromatic carbocycles. The summed E-state index contributed by atoms with van der Waals surface area (Å²) in [5.74, 6) is 0.174. The minimum absolute atomic E-state index is 0.000877. The normalized spacial score (nSPS) is 16.8. The fourth-order valence-corrected chi connectivity index (χ4v) is 5.83. The largest absolute Gasteiger partial charge is 0.486 e. The Labute approximate surface area is 197 Å². The first-order valence-electron chi connectivity index (χ1n) is 11.0. The van der Waals surface area contributed by atoms with Gasteiger partial charge >= 0.3 is 5.97 Å². The van der Waals surface area contributed by atoms with Crippen molar-refractivity contribution in [2.75, 3.05) is 26.3 Å². The summed E-state index contributed by atoms with van der Waals surface area (Å²) in [5.41, 5.74) is 1.88. The fraction of sp³-hybridized carbons (Fsp3) is 0.333. The van der Waals surface area contributed by atoms with E-state index in [2.05, 4.69) is 6.07 Å². The molecule has 34 heavy (non-hydrogen) atoms. The van der Waals surface area contributed by atoms with Crippen LogP contribution in [-0.2, 0) is 26.2 Å². The summed E-state index contributed by atoms with van der Waals surface area (Å²) in [4.78, 5) is 12.8. The van der Waals surface area contributed by atoms with Crippen molar-refractivity contribution in [2.45, 2.75) is 24.3 Å². The van der Waals surface area contributed by atoms with Crippen molar-refractivity contribution in [1.29, 1.82) is 5.26 Å². The fourth-order valence-electron chi connectivity index (χ4n) is 4.35. The molecule has 2 aromatic heterocycles. The number of nitrogens with zero attached hydrogens (tertiary/aromatic N) is 3. The minimum atomic E-state index is -3.72. The highest BCUT2D eigenvalue weighted by Gasteiger charge is 2.33. The number of pyridine rings is 1. The molecular weight excluding hydrogens is 458 g/mol. The lowest BCUT2D eigenvalue weighted by atomic mass is 9.98. The van der Waals surface area contributed by atoms with Crippen molar-refractivity contribution in [3.8, 4) is 17.6 Å². The van der Waals surface area contributed by atoms with E-state index in [1.807, 2.05) is 28.8 Å². The highest BCUT2D eigenvalue weighted by molar-refractivity contribution is 7.89. The van der Waals surface area contributed by atoms with Gasteiger partial charge in [-0.1, -0.05) is 6.07 Å². The van der Waals surface area contributed by atoms with E-state index < -0.39 is 15.9 Å². The molecule has 0 unspecified atom stereocenters. The Morgan fingerprint density at radius 1 is 1.12 bits per heavy atom. The molecule has 2 aliphatic heterocycles. The number of hydrogen-bond donors (Lipinski definition) is 0. The molecule has 9 nitrogen and oxygen atoms in total. The first-order valence-corrected chi connectivity index (χ1v) is 12.5. The van der Waals surface area contributed by atoms with Gasteiger partial charge in [-0.2, -0.15) is 9.57 Å². The minimum Gasteiger partial charge on any atom is -0.486 e. The van der Waals surface area contributed by atoms with Crippen LogP contribution in [0, 0.1) is 17.2 Å². The maximum Gasteiger partial charge on any atom is 0.309 e. The molecule has 0 amide bonds. The molecule has 176 valence electrons. The monoisotopic (exact) mass is 481 g/mol. The predicted octanol–water partition coefficient (Wildman–Crippen LogP) is 2.73. The van der Waals surface area contributed by atoms with E-state index in [-0.39, 0.29) is 30.6 Å². The smallest absolute Gasteiger partial charge is 0.309 e.